The summed E-state index contributed by atoms with van der Waals surface area (Å²) in [5.41, 5.74) is 1.46. The summed E-state index contributed by atoms with van der Waals surface area (Å²) in [4.78, 5) is 14.0. The van der Waals surface area contributed by atoms with Crippen molar-refractivity contribution in [1.82, 2.24) is 10.6 Å². The average Bonchev–Trinajstić information content (AvgIpc) is 2.83. The topological polar surface area (TPSA) is 41.1 Å². The van der Waals surface area contributed by atoms with E-state index in [2.05, 4.69) is 10.6 Å². The number of amides is 2. The number of carbonyl (C=O) groups excluding carboxylic acids is 1. The number of urea groups is 1. The number of benzene rings is 1. The van der Waals surface area contributed by atoms with Crippen LogP contribution in [0.5, 0.6) is 0 Å². The molecule has 1 aromatic heterocycles. The van der Waals surface area contributed by atoms with E-state index in [1.54, 1.807) is 30.4 Å². The zero-order chi connectivity index (χ0) is 14.5. The summed E-state index contributed by atoms with van der Waals surface area (Å²) >= 11 is 1.66. The van der Waals surface area contributed by atoms with Gasteiger partial charge in [-0.15, -0.1) is 11.3 Å². The van der Waals surface area contributed by atoms with Crippen LogP contribution in [0.4, 0.5) is 9.18 Å². The Morgan fingerprint density at radius 1 is 1.15 bits per heavy atom. The van der Waals surface area contributed by atoms with E-state index in [0.717, 1.165) is 10.4 Å². The summed E-state index contributed by atoms with van der Waals surface area (Å²) in [6.07, 6.45) is 0. The predicted octanol–water partition coefficient (Wildman–Crippen LogP) is 3.50. The first-order chi connectivity index (χ1) is 9.54. The third-order valence-corrected chi connectivity index (χ3v) is 3.90. The summed E-state index contributed by atoms with van der Waals surface area (Å²) in [6, 6.07) is 8.63. The van der Waals surface area contributed by atoms with E-state index >= 15 is 0 Å². The molecule has 0 aliphatic carbocycles. The summed E-state index contributed by atoms with van der Waals surface area (Å²) in [5.74, 6) is -0.230. The Bertz CT molecular complexity index is 610. The summed E-state index contributed by atoms with van der Waals surface area (Å²) < 4.78 is 13.1. The third kappa shape index (κ3) is 4.06. The number of hydrogen-bond donors (Lipinski definition) is 2. The van der Waals surface area contributed by atoms with Crippen LogP contribution >= 0.6 is 11.3 Å². The van der Waals surface area contributed by atoms with E-state index in [9.17, 15) is 9.18 Å². The van der Waals surface area contributed by atoms with Crippen LogP contribution in [0.25, 0.3) is 0 Å². The van der Waals surface area contributed by atoms with Gasteiger partial charge in [0.15, 0.2) is 0 Å². The number of thiophene rings is 1. The number of rotatable bonds is 4. The van der Waals surface area contributed by atoms with Crippen molar-refractivity contribution in [3.63, 3.8) is 0 Å². The molecule has 106 valence electrons. The van der Waals surface area contributed by atoms with Crippen LogP contribution in [0, 0.1) is 19.7 Å². The van der Waals surface area contributed by atoms with Crippen LogP contribution in [0.15, 0.2) is 30.3 Å². The van der Waals surface area contributed by atoms with Gasteiger partial charge in [-0.25, -0.2) is 9.18 Å². The highest BCUT2D eigenvalue weighted by Crippen LogP contribution is 2.14. The Hall–Kier alpha value is -1.88. The molecule has 0 spiro atoms. The van der Waals surface area contributed by atoms with Crippen LogP contribution in [-0.2, 0) is 13.1 Å². The Labute approximate surface area is 121 Å². The molecule has 0 saturated heterocycles. The van der Waals surface area contributed by atoms with E-state index in [-0.39, 0.29) is 11.8 Å². The van der Waals surface area contributed by atoms with E-state index in [1.807, 2.05) is 19.1 Å². The molecule has 2 aromatic rings. The number of carbonyl (C=O) groups is 1. The molecule has 2 amide bonds. The zero-order valence-corrected chi connectivity index (χ0v) is 12.3. The molecule has 1 aromatic carbocycles. The molecule has 0 radical (unpaired) electrons. The van der Waals surface area contributed by atoms with Gasteiger partial charge in [0.1, 0.15) is 5.82 Å². The van der Waals surface area contributed by atoms with Crippen molar-refractivity contribution in [2.75, 3.05) is 0 Å². The first-order valence-electron chi connectivity index (χ1n) is 6.36. The van der Waals surface area contributed by atoms with Gasteiger partial charge in [-0.1, -0.05) is 12.1 Å². The SMILES string of the molecule is Cc1ccc(CNC(=O)NCc2ccc(F)c(C)c2)s1. The number of nitrogens with one attached hydrogen (secondary N) is 2. The van der Waals surface area contributed by atoms with Crippen LogP contribution < -0.4 is 10.6 Å². The van der Waals surface area contributed by atoms with Gasteiger partial charge in [-0.05, 0) is 43.2 Å². The molecule has 0 fully saturated rings. The standard InChI is InChI=1S/C15H17FN2OS/c1-10-7-12(4-6-14(10)16)8-17-15(19)18-9-13-5-3-11(2)20-13/h3-7H,8-9H2,1-2H3,(H2,17,18,19). The Morgan fingerprint density at radius 2 is 1.90 bits per heavy atom. The van der Waals surface area contributed by atoms with E-state index in [1.165, 1.54) is 10.9 Å². The summed E-state index contributed by atoms with van der Waals surface area (Å²) in [6.45, 7) is 4.65. The van der Waals surface area contributed by atoms with Gasteiger partial charge >= 0.3 is 6.03 Å². The van der Waals surface area contributed by atoms with Crippen LogP contribution in [0.3, 0.4) is 0 Å². The first kappa shape index (κ1) is 14.5. The molecular formula is C15H17FN2OS. The van der Waals surface area contributed by atoms with Crippen molar-refractivity contribution in [3.05, 3.63) is 57.0 Å². The van der Waals surface area contributed by atoms with Crippen molar-refractivity contribution >= 4 is 17.4 Å². The number of hydrogen-bond acceptors (Lipinski definition) is 2. The lowest BCUT2D eigenvalue weighted by Crippen LogP contribution is -2.34. The van der Waals surface area contributed by atoms with Gasteiger partial charge in [0.05, 0.1) is 6.54 Å². The minimum absolute atomic E-state index is 0.224. The predicted molar refractivity (Wildman–Crippen MR) is 79.3 cm³/mol. The molecule has 0 unspecified atom stereocenters. The molecule has 0 atom stereocenters. The second-order valence-electron chi connectivity index (χ2n) is 4.63. The minimum Gasteiger partial charge on any atom is -0.334 e. The van der Waals surface area contributed by atoms with Crippen molar-refractivity contribution in [1.29, 1.82) is 0 Å². The van der Waals surface area contributed by atoms with Gasteiger partial charge in [-0.2, -0.15) is 0 Å². The summed E-state index contributed by atoms with van der Waals surface area (Å²) in [7, 11) is 0. The molecule has 20 heavy (non-hydrogen) atoms. The second-order valence-corrected chi connectivity index (χ2v) is 6.00. The monoisotopic (exact) mass is 292 g/mol. The van der Waals surface area contributed by atoms with Gasteiger partial charge in [0, 0.05) is 16.3 Å². The van der Waals surface area contributed by atoms with E-state index < -0.39 is 0 Å². The van der Waals surface area contributed by atoms with Crippen molar-refractivity contribution in [2.45, 2.75) is 26.9 Å². The Balaban J connectivity index is 1.78. The quantitative estimate of drug-likeness (QED) is 0.889. The lowest BCUT2D eigenvalue weighted by molar-refractivity contribution is 0.240. The van der Waals surface area contributed by atoms with E-state index in [0.29, 0.717) is 18.7 Å². The normalized spacial score (nSPS) is 10.3. The van der Waals surface area contributed by atoms with Crippen molar-refractivity contribution in [2.24, 2.45) is 0 Å². The molecule has 2 rings (SSSR count). The molecule has 0 aliphatic rings. The minimum atomic E-state index is -0.230. The maximum absolute atomic E-state index is 13.1. The second kappa shape index (κ2) is 6.52. The largest absolute Gasteiger partial charge is 0.334 e. The summed E-state index contributed by atoms with van der Waals surface area (Å²) in [5, 5.41) is 5.55. The van der Waals surface area contributed by atoms with Crippen LogP contribution in [-0.4, -0.2) is 6.03 Å². The Kier molecular flexibility index (Phi) is 4.74. The average molecular weight is 292 g/mol. The number of halogens is 1. The highest BCUT2D eigenvalue weighted by atomic mass is 32.1. The van der Waals surface area contributed by atoms with Crippen molar-refractivity contribution in [3.8, 4) is 0 Å². The zero-order valence-electron chi connectivity index (χ0n) is 11.5. The molecule has 3 nitrogen and oxygen atoms in total. The molecule has 1 heterocycles. The molecular weight excluding hydrogens is 275 g/mol. The third-order valence-electron chi connectivity index (χ3n) is 2.89. The van der Waals surface area contributed by atoms with Gasteiger partial charge in [0.2, 0.25) is 0 Å². The molecule has 0 aliphatic heterocycles. The van der Waals surface area contributed by atoms with Crippen molar-refractivity contribution < 1.29 is 9.18 Å². The van der Waals surface area contributed by atoms with Crippen LogP contribution in [0.2, 0.25) is 0 Å². The highest BCUT2D eigenvalue weighted by Gasteiger charge is 2.03. The highest BCUT2D eigenvalue weighted by molar-refractivity contribution is 7.11. The lowest BCUT2D eigenvalue weighted by Gasteiger charge is -2.07. The fourth-order valence-corrected chi connectivity index (χ4v) is 2.64. The molecule has 5 heteroatoms. The first-order valence-corrected chi connectivity index (χ1v) is 7.18. The molecule has 0 saturated carbocycles. The molecule has 2 N–H and O–H groups in total. The van der Waals surface area contributed by atoms with Crippen LogP contribution in [0.1, 0.15) is 20.9 Å². The fraction of sp³-hybridized carbons (Fsp3) is 0.267. The fourth-order valence-electron chi connectivity index (χ4n) is 1.81. The van der Waals surface area contributed by atoms with Gasteiger partial charge in [-0.3, -0.25) is 0 Å². The Morgan fingerprint density at radius 3 is 2.55 bits per heavy atom. The molecule has 0 bridgehead atoms. The smallest absolute Gasteiger partial charge is 0.315 e. The lowest BCUT2D eigenvalue weighted by atomic mass is 10.1. The van der Waals surface area contributed by atoms with Gasteiger partial charge < -0.3 is 10.6 Å². The van der Waals surface area contributed by atoms with E-state index in [4.69, 9.17) is 0 Å². The maximum atomic E-state index is 13.1. The maximum Gasteiger partial charge on any atom is 0.315 e. The van der Waals surface area contributed by atoms with Gasteiger partial charge in [0.25, 0.3) is 0 Å². The number of aryl methyl sites for hydroxylation is 2.